The first kappa shape index (κ1) is 20.2. The van der Waals surface area contributed by atoms with Gasteiger partial charge in [-0.25, -0.2) is 4.79 Å². The second kappa shape index (κ2) is 9.46. The van der Waals surface area contributed by atoms with Crippen LogP contribution in [0.25, 0.3) is 0 Å². The molecular formula is C20H31BrO2. The zero-order valence-electron chi connectivity index (χ0n) is 15.3. The Labute approximate surface area is 150 Å². The van der Waals surface area contributed by atoms with Gasteiger partial charge in [0.25, 0.3) is 0 Å². The summed E-state index contributed by atoms with van der Waals surface area (Å²) in [5.74, 6) is 1.58. The number of alkyl halides is 1. The van der Waals surface area contributed by atoms with E-state index in [2.05, 4.69) is 57.5 Å². The fraction of sp³-hybridized carbons (Fsp3) is 0.650. The van der Waals surface area contributed by atoms with Crippen molar-refractivity contribution in [1.29, 1.82) is 0 Å². The summed E-state index contributed by atoms with van der Waals surface area (Å²) in [4.78, 5) is 12.6. The topological polar surface area (TPSA) is 26.3 Å². The van der Waals surface area contributed by atoms with Crippen LogP contribution in [0.4, 0.5) is 0 Å². The maximum atomic E-state index is 12.6. The van der Waals surface area contributed by atoms with Gasteiger partial charge in [-0.05, 0) is 47.8 Å². The van der Waals surface area contributed by atoms with Crippen molar-refractivity contribution in [2.75, 3.05) is 0 Å². The summed E-state index contributed by atoms with van der Waals surface area (Å²) >= 11 is 3.43. The fourth-order valence-corrected chi connectivity index (χ4v) is 3.37. The molecule has 0 aliphatic carbocycles. The zero-order valence-corrected chi connectivity index (χ0v) is 16.9. The highest BCUT2D eigenvalue weighted by atomic mass is 79.9. The van der Waals surface area contributed by atoms with Crippen LogP contribution >= 0.6 is 15.9 Å². The van der Waals surface area contributed by atoms with Gasteiger partial charge in [0.05, 0.1) is 5.56 Å². The normalized spacial score (nSPS) is 14.3. The second-order valence-electron chi connectivity index (χ2n) is 7.49. The lowest BCUT2D eigenvalue weighted by molar-refractivity contribution is -0.0164. The van der Waals surface area contributed by atoms with Crippen molar-refractivity contribution in [1.82, 2.24) is 0 Å². The molecule has 1 aromatic rings. The summed E-state index contributed by atoms with van der Waals surface area (Å²) in [6.45, 7) is 13.2. The summed E-state index contributed by atoms with van der Waals surface area (Å²) in [5, 5.41) is 0.740. The smallest absolute Gasteiger partial charge is 0.338 e. The van der Waals surface area contributed by atoms with Gasteiger partial charge < -0.3 is 4.74 Å². The van der Waals surface area contributed by atoms with E-state index in [4.69, 9.17) is 4.74 Å². The first-order chi connectivity index (χ1) is 10.8. The molecule has 0 radical (unpaired) electrons. The number of halogens is 1. The molecule has 23 heavy (non-hydrogen) atoms. The van der Waals surface area contributed by atoms with E-state index in [0.29, 0.717) is 29.2 Å². The largest absolute Gasteiger partial charge is 0.458 e. The highest BCUT2D eigenvalue weighted by Gasteiger charge is 2.31. The molecule has 0 saturated carbocycles. The number of esters is 1. The van der Waals surface area contributed by atoms with Gasteiger partial charge in [-0.15, -0.1) is 0 Å². The van der Waals surface area contributed by atoms with Gasteiger partial charge >= 0.3 is 5.97 Å². The van der Waals surface area contributed by atoms with Gasteiger partial charge in [-0.2, -0.15) is 0 Å². The van der Waals surface area contributed by atoms with Crippen molar-refractivity contribution in [2.24, 2.45) is 23.7 Å². The molecule has 0 amide bonds. The van der Waals surface area contributed by atoms with Crippen molar-refractivity contribution in [3.8, 4) is 0 Å². The Kier molecular flexibility index (Phi) is 8.32. The molecule has 0 fully saturated rings. The average Bonchev–Trinajstić information content (AvgIpc) is 2.49. The Bertz CT molecular complexity index is 494. The van der Waals surface area contributed by atoms with Crippen LogP contribution in [-0.2, 0) is 10.1 Å². The summed E-state index contributed by atoms with van der Waals surface area (Å²) in [7, 11) is 0. The van der Waals surface area contributed by atoms with Crippen molar-refractivity contribution < 1.29 is 9.53 Å². The van der Waals surface area contributed by atoms with Crippen LogP contribution in [0.1, 0.15) is 63.9 Å². The van der Waals surface area contributed by atoms with Crippen LogP contribution in [-0.4, -0.2) is 12.1 Å². The Balaban J connectivity index is 2.95. The van der Waals surface area contributed by atoms with Gasteiger partial charge in [0.1, 0.15) is 6.10 Å². The van der Waals surface area contributed by atoms with Gasteiger partial charge in [-0.1, -0.05) is 69.6 Å². The lowest BCUT2D eigenvalue weighted by Gasteiger charge is -2.33. The molecule has 0 aliphatic rings. The first-order valence-electron chi connectivity index (χ1n) is 8.62. The third kappa shape index (κ3) is 6.29. The lowest BCUT2D eigenvalue weighted by Crippen LogP contribution is -2.35. The van der Waals surface area contributed by atoms with Crippen LogP contribution in [0.2, 0.25) is 0 Å². The molecular weight excluding hydrogens is 352 g/mol. The number of carbonyl (C=O) groups excluding carboxylic acids is 1. The molecule has 0 heterocycles. The van der Waals surface area contributed by atoms with Crippen molar-refractivity contribution in [3.63, 3.8) is 0 Å². The Morgan fingerprint density at radius 2 is 1.74 bits per heavy atom. The summed E-state index contributed by atoms with van der Waals surface area (Å²) in [6, 6.07) is 7.65. The van der Waals surface area contributed by atoms with Crippen molar-refractivity contribution in [3.05, 3.63) is 35.4 Å². The average molecular weight is 383 g/mol. The summed E-state index contributed by atoms with van der Waals surface area (Å²) < 4.78 is 5.97. The highest BCUT2D eigenvalue weighted by Crippen LogP contribution is 2.30. The monoisotopic (exact) mass is 382 g/mol. The molecule has 1 rings (SSSR count). The predicted octanol–water partition coefficient (Wildman–Crippen LogP) is 6.08. The maximum Gasteiger partial charge on any atom is 0.338 e. The molecule has 130 valence electrons. The fourth-order valence-electron chi connectivity index (χ4n) is 3.02. The van der Waals surface area contributed by atoms with E-state index in [1.807, 2.05) is 24.3 Å². The van der Waals surface area contributed by atoms with Gasteiger partial charge in [0.15, 0.2) is 0 Å². The first-order valence-corrected chi connectivity index (χ1v) is 9.74. The van der Waals surface area contributed by atoms with E-state index in [9.17, 15) is 4.79 Å². The number of carbonyl (C=O) groups is 1. The number of hydrogen-bond donors (Lipinski definition) is 0. The molecule has 1 aromatic carbocycles. The van der Waals surface area contributed by atoms with Gasteiger partial charge in [-0.3, -0.25) is 0 Å². The van der Waals surface area contributed by atoms with Gasteiger partial charge in [0, 0.05) is 5.33 Å². The SMILES string of the molecule is CC(C)CC(C(C)C)C(OC(=O)c1cccc(CBr)c1)C(C)C. The van der Waals surface area contributed by atoms with E-state index in [1.54, 1.807) is 0 Å². The number of rotatable bonds is 8. The van der Waals surface area contributed by atoms with Crippen LogP contribution in [0.3, 0.4) is 0 Å². The number of benzene rings is 1. The molecule has 0 N–H and O–H groups in total. The molecule has 2 nitrogen and oxygen atoms in total. The van der Waals surface area contributed by atoms with Crippen molar-refractivity contribution in [2.45, 2.75) is 59.4 Å². The summed E-state index contributed by atoms with van der Waals surface area (Å²) in [5.41, 5.74) is 1.72. The molecule has 2 atom stereocenters. The van der Waals surface area contributed by atoms with Gasteiger partial charge in [0.2, 0.25) is 0 Å². The Morgan fingerprint density at radius 1 is 1.09 bits per heavy atom. The molecule has 0 saturated heterocycles. The molecule has 0 aliphatic heterocycles. The van der Waals surface area contributed by atoms with Crippen LogP contribution < -0.4 is 0 Å². The highest BCUT2D eigenvalue weighted by molar-refractivity contribution is 9.08. The second-order valence-corrected chi connectivity index (χ2v) is 8.05. The van der Waals surface area contributed by atoms with E-state index >= 15 is 0 Å². The lowest BCUT2D eigenvalue weighted by atomic mass is 9.79. The summed E-state index contributed by atoms with van der Waals surface area (Å²) in [6.07, 6.45) is 1.03. The number of ether oxygens (including phenoxy) is 1. The maximum absolute atomic E-state index is 12.6. The predicted molar refractivity (Wildman–Crippen MR) is 101 cm³/mol. The van der Waals surface area contributed by atoms with E-state index in [-0.39, 0.29) is 12.1 Å². The standard InChI is InChI=1S/C20H31BrO2/c1-13(2)10-18(14(3)4)19(15(5)6)23-20(22)17-9-7-8-16(11-17)12-21/h7-9,11,13-15,18-19H,10,12H2,1-6H3. The molecule has 0 spiro atoms. The van der Waals surface area contributed by atoms with Crippen LogP contribution in [0.5, 0.6) is 0 Å². The van der Waals surface area contributed by atoms with E-state index < -0.39 is 0 Å². The van der Waals surface area contributed by atoms with Crippen LogP contribution in [0, 0.1) is 23.7 Å². The third-order valence-corrected chi connectivity index (χ3v) is 4.89. The minimum atomic E-state index is -0.207. The van der Waals surface area contributed by atoms with E-state index in [1.165, 1.54) is 0 Å². The molecule has 0 aromatic heterocycles. The van der Waals surface area contributed by atoms with Crippen LogP contribution in [0.15, 0.2) is 24.3 Å². The molecule has 0 bridgehead atoms. The minimum absolute atomic E-state index is 0.0440. The molecule has 2 unspecified atom stereocenters. The minimum Gasteiger partial charge on any atom is -0.458 e. The van der Waals surface area contributed by atoms with E-state index in [0.717, 1.165) is 17.3 Å². The Morgan fingerprint density at radius 3 is 2.22 bits per heavy atom. The zero-order chi connectivity index (χ0) is 17.6. The Hall–Kier alpha value is -0.830. The van der Waals surface area contributed by atoms with Crippen molar-refractivity contribution >= 4 is 21.9 Å². The number of hydrogen-bond acceptors (Lipinski definition) is 2. The quantitative estimate of drug-likeness (QED) is 0.402. The molecule has 3 heteroatoms. The third-order valence-electron chi connectivity index (χ3n) is 4.24.